The zero-order valence-corrected chi connectivity index (χ0v) is 17.0. The molecular formula is C23H30N2O3. The molecule has 1 N–H and O–H groups in total. The number of rotatable bonds is 6. The van der Waals surface area contributed by atoms with Crippen LogP contribution in [0.2, 0.25) is 0 Å². The molecule has 0 bridgehead atoms. The number of carbonyl (C=O) groups excluding carboxylic acids is 1. The smallest absolute Gasteiger partial charge is 0.253 e. The number of aliphatic hydroxyl groups excluding tert-OH is 1. The van der Waals surface area contributed by atoms with E-state index >= 15 is 0 Å². The lowest BCUT2D eigenvalue weighted by molar-refractivity contribution is 0.0395. The zero-order chi connectivity index (χ0) is 20.1. The van der Waals surface area contributed by atoms with Crippen molar-refractivity contribution in [2.75, 3.05) is 33.4 Å². The van der Waals surface area contributed by atoms with E-state index in [0.717, 1.165) is 35.5 Å². The van der Waals surface area contributed by atoms with Gasteiger partial charge in [-0.15, -0.1) is 0 Å². The second kappa shape index (κ2) is 9.22. The summed E-state index contributed by atoms with van der Waals surface area (Å²) in [5.41, 5.74) is 4.22. The summed E-state index contributed by atoms with van der Waals surface area (Å²) in [5.74, 6) is 0.965. The molecule has 2 aromatic carbocycles. The van der Waals surface area contributed by atoms with Crippen LogP contribution < -0.4 is 4.74 Å². The highest BCUT2D eigenvalue weighted by Gasteiger charge is 2.29. The van der Waals surface area contributed by atoms with Gasteiger partial charge in [0.1, 0.15) is 5.75 Å². The number of amides is 1. The summed E-state index contributed by atoms with van der Waals surface area (Å²) in [6.45, 7) is 7.13. The number of ether oxygens (including phenoxy) is 1. The molecule has 5 nitrogen and oxygen atoms in total. The number of aliphatic hydroxyl groups is 1. The van der Waals surface area contributed by atoms with Crippen LogP contribution in [0.25, 0.3) is 0 Å². The monoisotopic (exact) mass is 382 g/mol. The summed E-state index contributed by atoms with van der Waals surface area (Å²) in [7, 11) is 1.68. The molecular weight excluding hydrogens is 352 g/mol. The minimum Gasteiger partial charge on any atom is -0.496 e. The Balaban J connectivity index is 1.69. The molecule has 1 fully saturated rings. The second-order valence-electron chi connectivity index (χ2n) is 7.56. The number of benzene rings is 2. The number of carbonyl (C=O) groups is 1. The SMILES string of the molecule is COc1ccc(CN2CCN(C(=O)c3ccc(C)cc3)C[C@@H]2CCO)cc1C. The molecule has 5 heteroatoms. The van der Waals surface area contributed by atoms with Gasteiger partial charge in [-0.3, -0.25) is 9.69 Å². The minimum absolute atomic E-state index is 0.0721. The van der Waals surface area contributed by atoms with E-state index in [-0.39, 0.29) is 18.6 Å². The third kappa shape index (κ3) is 4.72. The van der Waals surface area contributed by atoms with Crippen LogP contribution in [0.1, 0.15) is 33.5 Å². The topological polar surface area (TPSA) is 53.0 Å². The van der Waals surface area contributed by atoms with Crippen molar-refractivity contribution >= 4 is 5.91 Å². The predicted molar refractivity (Wildman–Crippen MR) is 111 cm³/mol. The molecule has 3 rings (SSSR count). The quantitative estimate of drug-likeness (QED) is 0.834. The molecule has 0 radical (unpaired) electrons. The normalized spacial score (nSPS) is 17.6. The van der Waals surface area contributed by atoms with Gasteiger partial charge in [-0.05, 0) is 49.6 Å². The minimum atomic E-state index is 0.0721. The lowest BCUT2D eigenvalue weighted by atomic mass is 10.0. The summed E-state index contributed by atoms with van der Waals surface area (Å²) >= 11 is 0. The van der Waals surface area contributed by atoms with Crippen LogP contribution in [-0.2, 0) is 6.54 Å². The van der Waals surface area contributed by atoms with E-state index in [1.54, 1.807) is 7.11 Å². The van der Waals surface area contributed by atoms with Gasteiger partial charge in [-0.25, -0.2) is 0 Å². The molecule has 1 heterocycles. The van der Waals surface area contributed by atoms with Gasteiger partial charge in [0.2, 0.25) is 0 Å². The lowest BCUT2D eigenvalue weighted by Crippen LogP contribution is -2.54. The predicted octanol–water partition coefficient (Wildman–Crippen LogP) is 3.02. The van der Waals surface area contributed by atoms with Crippen LogP contribution in [0.15, 0.2) is 42.5 Å². The van der Waals surface area contributed by atoms with Crippen molar-refractivity contribution in [3.63, 3.8) is 0 Å². The second-order valence-corrected chi connectivity index (χ2v) is 7.56. The van der Waals surface area contributed by atoms with Gasteiger partial charge in [-0.2, -0.15) is 0 Å². The van der Waals surface area contributed by atoms with E-state index in [1.807, 2.05) is 49.1 Å². The molecule has 1 saturated heterocycles. The van der Waals surface area contributed by atoms with Gasteiger partial charge in [0.15, 0.2) is 0 Å². The summed E-state index contributed by atoms with van der Waals surface area (Å²) in [6, 6.07) is 14.1. The summed E-state index contributed by atoms with van der Waals surface area (Å²) in [4.78, 5) is 17.2. The first-order chi connectivity index (χ1) is 13.5. The standard InChI is InChI=1S/C23H30N2O3/c1-17-4-7-20(8-5-17)23(27)25-12-11-24(21(16-25)10-13-26)15-19-6-9-22(28-3)18(2)14-19/h4-9,14,21,26H,10-13,15-16H2,1-3H3/t21-/m0/s1. The maximum absolute atomic E-state index is 12.9. The first-order valence-electron chi connectivity index (χ1n) is 9.86. The fraction of sp³-hybridized carbons (Fsp3) is 0.435. The Morgan fingerprint density at radius 2 is 1.89 bits per heavy atom. The molecule has 1 aliphatic heterocycles. The highest BCUT2D eigenvalue weighted by atomic mass is 16.5. The van der Waals surface area contributed by atoms with E-state index in [2.05, 4.69) is 17.0 Å². The molecule has 1 atom stereocenters. The molecule has 1 aliphatic rings. The Labute approximate surface area is 167 Å². The van der Waals surface area contributed by atoms with Crippen molar-refractivity contribution in [2.24, 2.45) is 0 Å². The maximum atomic E-state index is 12.9. The molecule has 28 heavy (non-hydrogen) atoms. The van der Waals surface area contributed by atoms with Crippen molar-refractivity contribution < 1.29 is 14.6 Å². The average Bonchev–Trinajstić information content (AvgIpc) is 2.70. The maximum Gasteiger partial charge on any atom is 0.253 e. The van der Waals surface area contributed by atoms with Gasteiger partial charge >= 0.3 is 0 Å². The highest BCUT2D eigenvalue weighted by molar-refractivity contribution is 5.94. The van der Waals surface area contributed by atoms with Gasteiger partial charge in [0.25, 0.3) is 5.91 Å². The molecule has 0 saturated carbocycles. The number of nitrogens with zero attached hydrogens (tertiary/aromatic N) is 2. The average molecular weight is 383 g/mol. The van der Waals surface area contributed by atoms with E-state index < -0.39 is 0 Å². The van der Waals surface area contributed by atoms with E-state index in [0.29, 0.717) is 19.5 Å². The first-order valence-corrected chi connectivity index (χ1v) is 9.86. The van der Waals surface area contributed by atoms with Gasteiger partial charge in [0.05, 0.1) is 7.11 Å². The molecule has 0 aromatic heterocycles. The van der Waals surface area contributed by atoms with Crippen LogP contribution in [0.3, 0.4) is 0 Å². The third-order valence-corrected chi connectivity index (χ3v) is 5.50. The molecule has 0 aliphatic carbocycles. The lowest BCUT2D eigenvalue weighted by Gasteiger charge is -2.41. The van der Waals surface area contributed by atoms with Crippen LogP contribution in [0.4, 0.5) is 0 Å². The highest BCUT2D eigenvalue weighted by Crippen LogP contribution is 2.22. The Hall–Kier alpha value is -2.37. The van der Waals surface area contributed by atoms with Gasteiger partial charge in [-0.1, -0.05) is 29.8 Å². The van der Waals surface area contributed by atoms with Crippen molar-refractivity contribution in [3.05, 3.63) is 64.7 Å². The molecule has 0 spiro atoms. The van der Waals surface area contributed by atoms with E-state index in [4.69, 9.17) is 4.74 Å². The summed E-state index contributed by atoms with van der Waals surface area (Å²) < 4.78 is 5.35. The van der Waals surface area contributed by atoms with Crippen LogP contribution in [0.5, 0.6) is 5.75 Å². The van der Waals surface area contributed by atoms with Crippen LogP contribution in [0, 0.1) is 13.8 Å². The Morgan fingerprint density at radius 3 is 2.54 bits per heavy atom. The van der Waals surface area contributed by atoms with Crippen molar-refractivity contribution in [2.45, 2.75) is 32.9 Å². The van der Waals surface area contributed by atoms with Crippen molar-refractivity contribution in [1.29, 1.82) is 0 Å². The zero-order valence-electron chi connectivity index (χ0n) is 17.0. The third-order valence-electron chi connectivity index (χ3n) is 5.50. The summed E-state index contributed by atoms with van der Waals surface area (Å²) in [6.07, 6.45) is 0.660. The Bertz CT molecular complexity index is 804. The number of hydrogen-bond acceptors (Lipinski definition) is 4. The Morgan fingerprint density at radius 1 is 1.14 bits per heavy atom. The fourth-order valence-corrected chi connectivity index (χ4v) is 3.86. The fourth-order valence-electron chi connectivity index (χ4n) is 3.86. The van der Waals surface area contributed by atoms with Crippen molar-refractivity contribution in [1.82, 2.24) is 9.80 Å². The Kier molecular flexibility index (Phi) is 6.70. The van der Waals surface area contributed by atoms with Crippen LogP contribution in [-0.4, -0.2) is 60.2 Å². The van der Waals surface area contributed by atoms with E-state index in [1.165, 1.54) is 5.56 Å². The molecule has 1 amide bonds. The van der Waals surface area contributed by atoms with Gasteiger partial charge < -0.3 is 14.7 Å². The summed E-state index contributed by atoms with van der Waals surface area (Å²) in [5, 5.41) is 9.54. The number of hydrogen-bond donors (Lipinski definition) is 1. The van der Waals surface area contributed by atoms with Gasteiger partial charge in [0, 0.05) is 44.4 Å². The van der Waals surface area contributed by atoms with Crippen molar-refractivity contribution in [3.8, 4) is 5.75 Å². The number of methoxy groups -OCH3 is 1. The largest absolute Gasteiger partial charge is 0.496 e. The first kappa shape index (κ1) is 20.4. The number of piperazine rings is 1. The molecule has 2 aromatic rings. The van der Waals surface area contributed by atoms with E-state index in [9.17, 15) is 9.90 Å². The molecule has 0 unspecified atom stereocenters. The van der Waals surface area contributed by atoms with Crippen LogP contribution >= 0.6 is 0 Å². The molecule has 150 valence electrons. The number of aryl methyl sites for hydroxylation is 2.